The van der Waals surface area contributed by atoms with E-state index in [1.807, 2.05) is 24.3 Å². The molecule has 1 saturated carbocycles. The lowest BCUT2D eigenvalue weighted by atomic mass is 9.97. The van der Waals surface area contributed by atoms with Crippen molar-refractivity contribution in [2.45, 2.75) is 36.7 Å². The van der Waals surface area contributed by atoms with Crippen LogP contribution in [0.15, 0.2) is 71.9 Å². The Bertz CT molecular complexity index is 1560. The molecule has 0 amide bonds. The molecule has 1 unspecified atom stereocenters. The molecule has 184 valence electrons. The van der Waals surface area contributed by atoms with Crippen molar-refractivity contribution >= 4 is 55.3 Å². The molecule has 36 heavy (non-hydrogen) atoms. The minimum absolute atomic E-state index is 0.0100. The van der Waals surface area contributed by atoms with Crippen molar-refractivity contribution in [3.8, 4) is 16.9 Å². The van der Waals surface area contributed by atoms with Crippen LogP contribution in [0.4, 0.5) is 10.1 Å². The van der Waals surface area contributed by atoms with E-state index in [4.69, 9.17) is 28.6 Å². The van der Waals surface area contributed by atoms with Gasteiger partial charge >= 0.3 is 0 Å². The average molecular weight is 542 g/mol. The van der Waals surface area contributed by atoms with E-state index < -0.39 is 15.8 Å². The van der Waals surface area contributed by atoms with Crippen molar-refractivity contribution in [1.29, 1.82) is 0 Å². The molecule has 0 saturated heterocycles. The highest BCUT2D eigenvalue weighted by atomic mass is 35.5. The number of pyridine rings is 2. The van der Waals surface area contributed by atoms with E-state index in [9.17, 15) is 12.8 Å². The van der Waals surface area contributed by atoms with Gasteiger partial charge in [0.15, 0.2) is 5.15 Å². The van der Waals surface area contributed by atoms with Crippen molar-refractivity contribution in [2.75, 3.05) is 4.72 Å². The number of sulfonamides is 1. The third-order valence-electron chi connectivity index (χ3n) is 5.97. The summed E-state index contributed by atoms with van der Waals surface area (Å²) in [6.45, 7) is 0. The van der Waals surface area contributed by atoms with Crippen LogP contribution in [-0.2, 0) is 10.0 Å². The Kier molecular flexibility index (Phi) is 6.87. The number of hydrogen-bond donors (Lipinski definition) is 1. The fraction of sp³-hybridized carbons (Fsp3) is 0.192. The van der Waals surface area contributed by atoms with Crippen molar-refractivity contribution < 1.29 is 17.5 Å². The van der Waals surface area contributed by atoms with Crippen LogP contribution >= 0.6 is 23.8 Å². The minimum atomic E-state index is -4.00. The lowest BCUT2D eigenvalue weighted by molar-refractivity contribution is 0.192. The fourth-order valence-electron chi connectivity index (χ4n) is 4.16. The quantitative estimate of drug-likeness (QED) is 0.219. The summed E-state index contributed by atoms with van der Waals surface area (Å²) in [5.41, 5.74) is 2.31. The normalized spacial score (nSPS) is 16.2. The Morgan fingerprint density at radius 3 is 2.64 bits per heavy atom. The van der Waals surface area contributed by atoms with Crippen LogP contribution in [0.5, 0.6) is 5.75 Å². The van der Waals surface area contributed by atoms with Gasteiger partial charge in [-0.15, -0.1) is 0 Å². The van der Waals surface area contributed by atoms with Gasteiger partial charge in [-0.1, -0.05) is 29.9 Å². The molecule has 2 aromatic carbocycles. The Morgan fingerprint density at radius 1 is 1.06 bits per heavy atom. The number of anilines is 1. The molecule has 0 bridgehead atoms. The van der Waals surface area contributed by atoms with Gasteiger partial charge in [0.2, 0.25) is 0 Å². The molecule has 2 aromatic heterocycles. The maximum atomic E-state index is 13.2. The zero-order chi connectivity index (χ0) is 25.3. The number of ether oxygens (including phenoxy) is 1. The molecule has 1 N–H and O–H groups in total. The summed E-state index contributed by atoms with van der Waals surface area (Å²) in [5.74, 6) is 0.187. The number of rotatable bonds is 6. The first-order chi connectivity index (χ1) is 17.3. The SMILES string of the molecule is O=S(=O)(Nc1cc(-c2ccc3nccc(OC4CCCC(=S)C4)c3c2)cnc1Cl)c1ccc(F)cc1. The summed E-state index contributed by atoms with van der Waals surface area (Å²) in [4.78, 5) is 9.56. The molecular weight excluding hydrogens is 521 g/mol. The Balaban J connectivity index is 1.47. The topological polar surface area (TPSA) is 81.2 Å². The smallest absolute Gasteiger partial charge is 0.261 e. The lowest BCUT2D eigenvalue weighted by Gasteiger charge is -2.24. The second kappa shape index (κ2) is 10.1. The molecule has 0 radical (unpaired) electrons. The van der Waals surface area contributed by atoms with Crippen molar-refractivity contribution in [3.05, 3.63) is 78.0 Å². The number of benzene rings is 2. The average Bonchev–Trinajstić information content (AvgIpc) is 2.85. The number of halogens is 2. The highest BCUT2D eigenvalue weighted by Gasteiger charge is 2.20. The Morgan fingerprint density at radius 2 is 1.86 bits per heavy atom. The summed E-state index contributed by atoms with van der Waals surface area (Å²) >= 11 is 11.6. The van der Waals surface area contributed by atoms with Gasteiger partial charge in [0, 0.05) is 29.8 Å². The van der Waals surface area contributed by atoms with Crippen molar-refractivity contribution in [3.63, 3.8) is 0 Å². The lowest BCUT2D eigenvalue weighted by Crippen LogP contribution is -2.24. The van der Waals surface area contributed by atoms with Gasteiger partial charge in [-0.2, -0.15) is 0 Å². The molecule has 10 heteroatoms. The van der Waals surface area contributed by atoms with E-state index in [0.717, 1.165) is 64.9 Å². The molecule has 6 nitrogen and oxygen atoms in total. The molecule has 2 heterocycles. The van der Waals surface area contributed by atoms with Crippen molar-refractivity contribution in [1.82, 2.24) is 9.97 Å². The first kappa shape index (κ1) is 24.5. The molecule has 1 aliphatic rings. The van der Waals surface area contributed by atoms with Gasteiger partial charge in [-0.3, -0.25) is 9.71 Å². The highest BCUT2D eigenvalue weighted by molar-refractivity contribution is 7.92. The predicted octanol–water partition coefficient (Wildman–Crippen LogP) is 6.58. The van der Waals surface area contributed by atoms with E-state index in [1.165, 1.54) is 12.1 Å². The first-order valence-electron chi connectivity index (χ1n) is 11.3. The van der Waals surface area contributed by atoms with Crippen LogP contribution in [-0.4, -0.2) is 29.4 Å². The van der Waals surface area contributed by atoms with Crippen LogP contribution in [0.2, 0.25) is 5.15 Å². The largest absolute Gasteiger partial charge is 0.489 e. The van der Waals surface area contributed by atoms with Crippen LogP contribution in [0, 0.1) is 5.82 Å². The first-order valence-corrected chi connectivity index (χ1v) is 13.6. The van der Waals surface area contributed by atoms with E-state index in [1.54, 1.807) is 18.5 Å². The van der Waals surface area contributed by atoms with E-state index in [0.29, 0.717) is 5.56 Å². The maximum Gasteiger partial charge on any atom is 0.261 e. The van der Waals surface area contributed by atoms with Crippen LogP contribution in [0.1, 0.15) is 25.7 Å². The highest BCUT2D eigenvalue weighted by Crippen LogP contribution is 2.34. The monoisotopic (exact) mass is 541 g/mol. The fourth-order valence-corrected chi connectivity index (χ4v) is 5.76. The number of nitrogens with zero attached hydrogens (tertiary/aromatic N) is 2. The summed E-state index contributed by atoms with van der Waals surface area (Å²) < 4.78 is 47.6. The zero-order valence-electron chi connectivity index (χ0n) is 18.9. The number of nitrogens with one attached hydrogen (secondary N) is 1. The Hall–Kier alpha value is -3.14. The molecular formula is C26H21ClFN3O3S2. The summed E-state index contributed by atoms with van der Waals surface area (Å²) in [7, 11) is -4.00. The van der Waals surface area contributed by atoms with Gasteiger partial charge in [-0.25, -0.2) is 17.8 Å². The van der Waals surface area contributed by atoms with Crippen LogP contribution < -0.4 is 9.46 Å². The Labute approximate surface area is 218 Å². The third-order valence-corrected chi connectivity index (χ3v) is 8.03. The number of aromatic nitrogens is 2. The van der Waals surface area contributed by atoms with Gasteiger partial charge in [0.05, 0.1) is 16.1 Å². The van der Waals surface area contributed by atoms with Crippen LogP contribution in [0.3, 0.4) is 0 Å². The molecule has 1 aliphatic carbocycles. The van der Waals surface area contributed by atoms with Gasteiger partial charge in [0.1, 0.15) is 17.7 Å². The second-order valence-corrected chi connectivity index (χ2v) is 11.2. The summed E-state index contributed by atoms with van der Waals surface area (Å²) in [6, 6.07) is 13.6. The van der Waals surface area contributed by atoms with Crippen molar-refractivity contribution in [2.24, 2.45) is 0 Å². The molecule has 0 spiro atoms. The van der Waals surface area contributed by atoms with E-state index >= 15 is 0 Å². The minimum Gasteiger partial charge on any atom is -0.489 e. The van der Waals surface area contributed by atoms with Gasteiger partial charge < -0.3 is 4.74 Å². The van der Waals surface area contributed by atoms with Crippen LogP contribution in [0.25, 0.3) is 22.0 Å². The van der Waals surface area contributed by atoms with Gasteiger partial charge in [-0.05, 0) is 78.2 Å². The zero-order valence-corrected chi connectivity index (χ0v) is 21.3. The third kappa shape index (κ3) is 5.33. The number of thiocarbonyl (C=S) groups is 1. The summed E-state index contributed by atoms with van der Waals surface area (Å²) in [5, 5.41) is 0.819. The molecule has 1 atom stereocenters. The summed E-state index contributed by atoms with van der Waals surface area (Å²) in [6.07, 6.45) is 7.00. The number of fused-ring (bicyclic) bond motifs is 1. The standard InChI is InChI=1S/C26H21ClFN3O3S2/c27-26-24(31-36(32,33)21-7-5-18(28)6-8-21)13-17(15-30-26)16-4-9-23-22(12-16)25(10-11-29-23)34-19-2-1-3-20(35)14-19/h4-13,15,19,31H,1-3,14H2. The number of hydrogen-bond acceptors (Lipinski definition) is 6. The predicted molar refractivity (Wildman–Crippen MR) is 143 cm³/mol. The van der Waals surface area contributed by atoms with E-state index in [-0.39, 0.29) is 21.8 Å². The van der Waals surface area contributed by atoms with E-state index in [2.05, 4.69) is 14.7 Å². The maximum absolute atomic E-state index is 13.2. The van der Waals surface area contributed by atoms with Gasteiger partial charge in [0.25, 0.3) is 10.0 Å². The molecule has 4 aromatic rings. The molecule has 1 fully saturated rings. The second-order valence-electron chi connectivity index (χ2n) is 8.54. The molecule has 5 rings (SSSR count). The molecule has 0 aliphatic heterocycles.